The molecule has 2 heteroatoms. The Morgan fingerprint density at radius 2 is 1.75 bits per heavy atom. The fourth-order valence-corrected chi connectivity index (χ4v) is 0.740. The molecule has 0 amide bonds. The molecule has 0 aliphatic heterocycles. The van der Waals surface area contributed by atoms with Gasteiger partial charge in [0, 0.05) is 11.4 Å². The van der Waals surface area contributed by atoms with Gasteiger partial charge >= 0.3 is 0 Å². The van der Waals surface area contributed by atoms with Gasteiger partial charge in [-0.3, -0.25) is 0 Å². The maximum absolute atomic E-state index is 5.55. The van der Waals surface area contributed by atoms with E-state index >= 15 is 0 Å². The van der Waals surface area contributed by atoms with Crippen molar-refractivity contribution >= 4 is 0 Å². The molecule has 0 aromatic rings. The van der Waals surface area contributed by atoms with E-state index in [1.165, 1.54) is 0 Å². The van der Waals surface area contributed by atoms with Crippen molar-refractivity contribution in [2.24, 2.45) is 11.5 Å². The molecule has 0 fully saturated rings. The van der Waals surface area contributed by atoms with Gasteiger partial charge < -0.3 is 11.5 Å². The smallest absolute Gasteiger partial charge is 0.0360 e. The molecule has 0 radical (unpaired) electrons. The molecule has 0 aliphatic carbocycles. The summed E-state index contributed by atoms with van der Waals surface area (Å²) >= 11 is 0. The first kappa shape index (κ1) is 13.4. The van der Waals surface area contributed by atoms with Crippen molar-refractivity contribution in [2.45, 2.75) is 27.2 Å². The Morgan fingerprint density at radius 3 is 1.83 bits per heavy atom. The Bertz CT molecular complexity index is 178. The molecule has 0 aromatic heterocycles. The lowest BCUT2D eigenvalue weighted by atomic mass is 10.1. The third-order valence-electron chi connectivity index (χ3n) is 1.31. The molecule has 0 rings (SSSR count). The van der Waals surface area contributed by atoms with Gasteiger partial charge in [-0.2, -0.15) is 0 Å². The van der Waals surface area contributed by atoms with E-state index in [0.717, 1.165) is 12.0 Å². The van der Waals surface area contributed by atoms with Crippen molar-refractivity contribution < 1.29 is 0 Å². The van der Waals surface area contributed by atoms with Gasteiger partial charge in [0.1, 0.15) is 0 Å². The Hall–Kier alpha value is -1.18. The highest BCUT2D eigenvalue weighted by atomic mass is 14.6. The average Bonchev–Trinajstić information content (AvgIpc) is 2.08. The molecular weight excluding hydrogens is 148 g/mol. The highest BCUT2D eigenvalue weighted by Crippen LogP contribution is 2.09. The molecule has 12 heavy (non-hydrogen) atoms. The summed E-state index contributed by atoms with van der Waals surface area (Å²) < 4.78 is 0. The summed E-state index contributed by atoms with van der Waals surface area (Å²) in [7, 11) is 0. The Labute approximate surface area is 75.6 Å². The Kier molecular flexibility index (Phi) is 8.85. The lowest BCUT2D eigenvalue weighted by Gasteiger charge is -2.04. The maximum Gasteiger partial charge on any atom is 0.0360 e. The molecule has 0 aromatic carbocycles. The minimum absolute atomic E-state index is 0.528. The molecule has 0 saturated heterocycles. The van der Waals surface area contributed by atoms with Crippen LogP contribution in [0.15, 0.2) is 36.2 Å². The summed E-state index contributed by atoms with van der Waals surface area (Å²) in [5.74, 6) is 0. The van der Waals surface area contributed by atoms with Crippen molar-refractivity contribution in [1.29, 1.82) is 0 Å². The van der Waals surface area contributed by atoms with Crippen molar-refractivity contribution in [1.82, 2.24) is 0 Å². The fourth-order valence-electron chi connectivity index (χ4n) is 0.740. The van der Waals surface area contributed by atoms with Gasteiger partial charge in [0.25, 0.3) is 0 Å². The van der Waals surface area contributed by atoms with Crippen LogP contribution in [0.1, 0.15) is 27.2 Å². The maximum atomic E-state index is 5.55. The normalized spacial score (nSPS) is 10.6. The number of allylic oxidation sites excluding steroid dienone is 2. The molecule has 0 atom stereocenters. The Balaban J connectivity index is 0. The van der Waals surface area contributed by atoms with E-state index in [1.54, 1.807) is 6.08 Å². The van der Waals surface area contributed by atoms with Crippen molar-refractivity contribution in [2.75, 3.05) is 0 Å². The van der Waals surface area contributed by atoms with Gasteiger partial charge in [0.2, 0.25) is 0 Å². The second kappa shape index (κ2) is 7.92. The van der Waals surface area contributed by atoms with Crippen molar-refractivity contribution in [3.05, 3.63) is 36.2 Å². The zero-order valence-corrected chi connectivity index (χ0v) is 8.35. The van der Waals surface area contributed by atoms with E-state index in [4.69, 9.17) is 11.5 Å². The molecule has 2 nitrogen and oxygen atoms in total. The van der Waals surface area contributed by atoms with E-state index in [9.17, 15) is 0 Å². The Morgan fingerprint density at radius 1 is 1.33 bits per heavy atom. The van der Waals surface area contributed by atoms with Crippen LogP contribution in [0.4, 0.5) is 0 Å². The largest absolute Gasteiger partial charge is 0.399 e. The van der Waals surface area contributed by atoms with E-state index in [0.29, 0.717) is 11.4 Å². The van der Waals surface area contributed by atoms with Crippen molar-refractivity contribution in [3.63, 3.8) is 0 Å². The molecule has 0 saturated carbocycles. The number of nitrogens with two attached hydrogens (primary N) is 2. The molecular formula is C10H20N2. The minimum atomic E-state index is 0.528. The molecule has 0 bridgehead atoms. The summed E-state index contributed by atoms with van der Waals surface area (Å²) in [6.07, 6.45) is 2.38. The summed E-state index contributed by atoms with van der Waals surface area (Å²) in [5.41, 5.74) is 13.0. The highest BCUT2D eigenvalue weighted by molar-refractivity contribution is 5.34. The zero-order chi connectivity index (χ0) is 10.1. The fraction of sp³-hybridized carbons (Fsp3) is 0.400. The van der Waals surface area contributed by atoms with Crippen LogP contribution in [0.2, 0.25) is 0 Å². The minimum Gasteiger partial charge on any atom is -0.399 e. The standard InChI is InChI=1S/C8H14N2.C2H6/c1-4-7(6(3)9)8(10)5-2;1-2/h5H,2-4,9-10H2,1H3;1-2H3/b8-7+;. The van der Waals surface area contributed by atoms with Gasteiger partial charge in [0.15, 0.2) is 0 Å². The molecule has 0 unspecified atom stereocenters. The second-order valence-electron chi connectivity index (χ2n) is 2.02. The average molecular weight is 168 g/mol. The van der Waals surface area contributed by atoms with Crippen LogP contribution in [-0.2, 0) is 0 Å². The van der Waals surface area contributed by atoms with Crippen LogP contribution in [-0.4, -0.2) is 0 Å². The zero-order valence-electron chi connectivity index (χ0n) is 8.35. The van der Waals surface area contributed by atoms with Crippen LogP contribution in [0.3, 0.4) is 0 Å². The third kappa shape index (κ3) is 4.61. The lowest BCUT2D eigenvalue weighted by molar-refractivity contribution is 1.06. The number of hydrogen-bond donors (Lipinski definition) is 2. The van der Waals surface area contributed by atoms with Crippen LogP contribution >= 0.6 is 0 Å². The van der Waals surface area contributed by atoms with E-state index in [-0.39, 0.29) is 0 Å². The predicted octanol–water partition coefficient (Wildman–Crippen LogP) is 2.29. The first-order chi connectivity index (χ1) is 5.63. The molecule has 0 aliphatic rings. The van der Waals surface area contributed by atoms with Gasteiger partial charge in [0.05, 0.1) is 0 Å². The summed E-state index contributed by atoms with van der Waals surface area (Å²) in [6, 6.07) is 0. The van der Waals surface area contributed by atoms with Crippen LogP contribution in [0, 0.1) is 0 Å². The van der Waals surface area contributed by atoms with Crippen molar-refractivity contribution in [3.8, 4) is 0 Å². The monoisotopic (exact) mass is 168 g/mol. The van der Waals surface area contributed by atoms with Gasteiger partial charge in [-0.05, 0) is 18.1 Å². The van der Waals surface area contributed by atoms with Gasteiger partial charge in [-0.25, -0.2) is 0 Å². The topological polar surface area (TPSA) is 52.0 Å². The SMILES string of the molecule is C=C/C(N)=C(/CC)C(=C)N.CC. The predicted molar refractivity (Wildman–Crippen MR) is 56.4 cm³/mol. The van der Waals surface area contributed by atoms with Gasteiger partial charge in [-0.1, -0.05) is 33.9 Å². The number of hydrogen-bond acceptors (Lipinski definition) is 2. The third-order valence-corrected chi connectivity index (χ3v) is 1.31. The van der Waals surface area contributed by atoms with Crippen LogP contribution in [0.25, 0.3) is 0 Å². The molecule has 0 heterocycles. The summed E-state index contributed by atoms with van der Waals surface area (Å²) in [5, 5.41) is 0. The number of rotatable bonds is 3. The van der Waals surface area contributed by atoms with Crippen LogP contribution in [0.5, 0.6) is 0 Å². The van der Waals surface area contributed by atoms with E-state index in [2.05, 4.69) is 13.2 Å². The van der Waals surface area contributed by atoms with Gasteiger partial charge in [-0.15, -0.1) is 0 Å². The molecule has 4 N–H and O–H groups in total. The summed E-state index contributed by atoms with van der Waals surface area (Å²) in [6.45, 7) is 13.1. The summed E-state index contributed by atoms with van der Waals surface area (Å²) in [4.78, 5) is 0. The molecule has 0 spiro atoms. The molecule has 70 valence electrons. The van der Waals surface area contributed by atoms with E-state index < -0.39 is 0 Å². The van der Waals surface area contributed by atoms with Crippen LogP contribution < -0.4 is 11.5 Å². The quantitative estimate of drug-likeness (QED) is 0.635. The first-order valence-electron chi connectivity index (χ1n) is 4.19. The van der Waals surface area contributed by atoms with E-state index in [1.807, 2.05) is 20.8 Å². The first-order valence-corrected chi connectivity index (χ1v) is 4.19. The second-order valence-corrected chi connectivity index (χ2v) is 2.02. The lowest BCUT2D eigenvalue weighted by Crippen LogP contribution is -2.06. The highest BCUT2D eigenvalue weighted by Gasteiger charge is 1.98.